The van der Waals surface area contributed by atoms with Gasteiger partial charge >= 0.3 is 0 Å². The Labute approximate surface area is 107 Å². The monoisotopic (exact) mass is 239 g/mol. The van der Waals surface area contributed by atoms with Crippen molar-refractivity contribution < 1.29 is 0 Å². The summed E-state index contributed by atoms with van der Waals surface area (Å²) in [6.45, 7) is 0.859. The number of hydrogen-bond donors (Lipinski definition) is 0. The van der Waals surface area contributed by atoms with Gasteiger partial charge in [-0.15, -0.1) is 0 Å². The Kier molecular flexibility index (Phi) is 3.01. The van der Waals surface area contributed by atoms with Crippen LogP contribution in [0.25, 0.3) is 0 Å². The lowest BCUT2D eigenvalue weighted by molar-refractivity contribution is 0.586. The minimum Gasteiger partial charge on any atom is -0.313 e. The highest BCUT2D eigenvalue weighted by molar-refractivity contribution is 5.22. The summed E-state index contributed by atoms with van der Waals surface area (Å²) in [6, 6.07) is 16.3. The van der Waals surface area contributed by atoms with Gasteiger partial charge in [0.1, 0.15) is 0 Å². The molecule has 92 valence electrons. The molecule has 0 aliphatic carbocycles. The number of fused-ring (bicyclic) bond motifs is 1. The van der Waals surface area contributed by atoms with E-state index in [9.17, 15) is 4.79 Å². The molecule has 0 saturated heterocycles. The molecule has 3 rings (SSSR count). The van der Waals surface area contributed by atoms with E-state index in [4.69, 9.17) is 0 Å². The minimum absolute atomic E-state index is 0.140. The van der Waals surface area contributed by atoms with E-state index in [1.165, 1.54) is 11.3 Å². The van der Waals surface area contributed by atoms with E-state index >= 15 is 0 Å². The number of nitrogens with zero attached hydrogens (tertiary/aromatic N) is 1. The van der Waals surface area contributed by atoms with E-state index in [0.29, 0.717) is 5.92 Å². The highest BCUT2D eigenvalue weighted by atomic mass is 16.1. The summed E-state index contributed by atoms with van der Waals surface area (Å²) in [4.78, 5) is 11.8. The topological polar surface area (TPSA) is 22.0 Å². The van der Waals surface area contributed by atoms with Crippen LogP contribution in [0.2, 0.25) is 0 Å². The molecule has 0 N–H and O–H groups in total. The van der Waals surface area contributed by atoms with Crippen molar-refractivity contribution in [3.05, 3.63) is 70.1 Å². The standard InChI is InChI=1S/C16H17NO/c18-16-10-4-9-15-12-14(8-5-11-17(15)16)13-6-2-1-3-7-13/h1-4,6-7,9-10,14H,5,8,11-12H2. The third-order valence-electron chi connectivity index (χ3n) is 3.80. The third kappa shape index (κ3) is 2.10. The third-order valence-corrected chi connectivity index (χ3v) is 3.80. The summed E-state index contributed by atoms with van der Waals surface area (Å²) < 4.78 is 1.93. The van der Waals surface area contributed by atoms with Crippen LogP contribution in [-0.2, 0) is 13.0 Å². The summed E-state index contributed by atoms with van der Waals surface area (Å²) in [7, 11) is 0. The van der Waals surface area contributed by atoms with Gasteiger partial charge in [-0.3, -0.25) is 4.79 Å². The van der Waals surface area contributed by atoms with E-state index in [1.54, 1.807) is 6.07 Å². The Morgan fingerprint density at radius 3 is 2.67 bits per heavy atom. The first-order valence-electron chi connectivity index (χ1n) is 6.58. The predicted molar refractivity (Wildman–Crippen MR) is 72.8 cm³/mol. The number of benzene rings is 1. The lowest BCUT2D eigenvalue weighted by atomic mass is 9.91. The zero-order valence-corrected chi connectivity index (χ0v) is 10.4. The summed E-state index contributed by atoms with van der Waals surface area (Å²) in [5.41, 5.74) is 2.71. The average molecular weight is 239 g/mol. The van der Waals surface area contributed by atoms with E-state index in [0.717, 1.165) is 25.8 Å². The molecule has 1 atom stereocenters. The van der Waals surface area contributed by atoms with Crippen LogP contribution in [0.1, 0.15) is 30.0 Å². The van der Waals surface area contributed by atoms with Gasteiger partial charge in [-0.2, -0.15) is 0 Å². The minimum atomic E-state index is 0.140. The highest BCUT2D eigenvalue weighted by Crippen LogP contribution is 2.27. The van der Waals surface area contributed by atoms with E-state index in [2.05, 4.69) is 36.4 Å². The summed E-state index contributed by atoms with van der Waals surface area (Å²) in [5.74, 6) is 0.543. The lowest BCUT2D eigenvalue weighted by Crippen LogP contribution is -2.21. The second kappa shape index (κ2) is 4.81. The van der Waals surface area contributed by atoms with Crippen LogP contribution in [0.3, 0.4) is 0 Å². The first-order chi connectivity index (χ1) is 8.84. The van der Waals surface area contributed by atoms with Gasteiger partial charge in [-0.1, -0.05) is 36.4 Å². The molecule has 1 aromatic carbocycles. The van der Waals surface area contributed by atoms with Gasteiger partial charge in [-0.05, 0) is 36.8 Å². The zero-order chi connectivity index (χ0) is 12.4. The summed E-state index contributed by atoms with van der Waals surface area (Å²) >= 11 is 0. The molecule has 1 aliphatic heterocycles. The molecule has 2 heteroatoms. The average Bonchev–Trinajstić information content (AvgIpc) is 2.63. The molecule has 1 aliphatic rings. The maximum atomic E-state index is 11.8. The largest absolute Gasteiger partial charge is 0.313 e. The molecular weight excluding hydrogens is 222 g/mol. The zero-order valence-electron chi connectivity index (χ0n) is 10.4. The maximum absolute atomic E-state index is 11.8. The van der Waals surface area contributed by atoms with Gasteiger partial charge in [-0.25, -0.2) is 0 Å². The fraction of sp³-hybridized carbons (Fsp3) is 0.312. The Morgan fingerprint density at radius 2 is 1.83 bits per heavy atom. The molecule has 2 heterocycles. The normalized spacial score (nSPS) is 19.0. The van der Waals surface area contributed by atoms with Crippen molar-refractivity contribution in [3.8, 4) is 0 Å². The molecule has 0 spiro atoms. The molecule has 0 radical (unpaired) electrons. The molecule has 0 fully saturated rings. The molecule has 2 nitrogen and oxygen atoms in total. The summed E-state index contributed by atoms with van der Waals surface area (Å²) in [6.07, 6.45) is 3.21. The van der Waals surface area contributed by atoms with Gasteiger partial charge in [0.05, 0.1) is 0 Å². The van der Waals surface area contributed by atoms with Gasteiger partial charge < -0.3 is 4.57 Å². The lowest BCUT2D eigenvalue weighted by Gasteiger charge is -2.14. The Bertz CT molecular complexity index is 586. The molecule has 0 saturated carbocycles. The number of rotatable bonds is 1. The number of pyridine rings is 1. The molecule has 0 bridgehead atoms. The van der Waals surface area contributed by atoms with Crippen molar-refractivity contribution in [2.45, 2.75) is 31.7 Å². The van der Waals surface area contributed by atoms with Crippen molar-refractivity contribution >= 4 is 0 Å². The second-order valence-corrected chi connectivity index (χ2v) is 4.96. The van der Waals surface area contributed by atoms with Gasteiger partial charge in [0.15, 0.2) is 0 Å². The van der Waals surface area contributed by atoms with Crippen LogP contribution in [0.5, 0.6) is 0 Å². The Hall–Kier alpha value is -1.83. The molecule has 1 aromatic heterocycles. The van der Waals surface area contributed by atoms with Crippen LogP contribution >= 0.6 is 0 Å². The number of aromatic nitrogens is 1. The highest BCUT2D eigenvalue weighted by Gasteiger charge is 2.18. The van der Waals surface area contributed by atoms with Crippen LogP contribution < -0.4 is 5.56 Å². The van der Waals surface area contributed by atoms with Crippen LogP contribution in [0.15, 0.2) is 53.3 Å². The first kappa shape index (κ1) is 11.3. The van der Waals surface area contributed by atoms with Gasteiger partial charge in [0.2, 0.25) is 0 Å². The SMILES string of the molecule is O=c1cccc2n1CCCC(c1ccccc1)C2. The maximum Gasteiger partial charge on any atom is 0.250 e. The van der Waals surface area contributed by atoms with Gasteiger partial charge in [0, 0.05) is 18.3 Å². The molecule has 1 unspecified atom stereocenters. The molecule has 0 amide bonds. The van der Waals surface area contributed by atoms with Crippen LogP contribution in [0, 0.1) is 0 Å². The Morgan fingerprint density at radius 1 is 1.00 bits per heavy atom. The first-order valence-corrected chi connectivity index (χ1v) is 6.58. The van der Waals surface area contributed by atoms with Crippen LogP contribution in [0.4, 0.5) is 0 Å². The van der Waals surface area contributed by atoms with Crippen molar-refractivity contribution in [2.24, 2.45) is 0 Å². The molecule has 18 heavy (non-hydrogen) atoms. The molecular formula is C16H17NO. The van der Waals surface area contributed by atoms with Gasteiger partial charge in [0.25, 0.3) is 5.56 Å². The molecule has 2 aromatic rings. The van der Waals surface area contributed by atoms with Crippen molar-refractivity contribution in [2.75, 3.05) is 0 Å². The predicted octanol–water partition coefficient (Wildman–Crippen LogP) is 2.97. The number of hydrogen-bond acceptors (Lipinski definition) is 1. The fourth-order valence-corrected chi connectivity index (χ4v) is 2.86. The Balaban J connectivity index is 1.96. The van der Waals surface area contributed by atoms with E-state index in [1.807, 2.05) is 10.6 Å². The van der Waals surface area contributed by atoms with Crippen molar-refractivity contribution in [3.63, 3.8) is 0 Å². The van der Waals surface area contributed by atoms with Crippen LogP contribution in [-0.4, -0.2) is 4.57 Å². The van der Waals surface area contributed by atoms with E-state index in [-0.39, 0.29) is 5.56 Å². The van der Waals surface area contributed by atoms with Crippen molar-refractivity contribution in [1.82, 2.24) is 4.57 Å². The fourth-order valence-electron chi connectivity index (χ4n) is 2.86. The quantitative estimate of drug-likeness (QED) is 0.750. The smallest absolute Gasteiger partial charge is 0.250 e. The summed E-state index contributed by atoms with van der Waals surface area (Å²) in [5, 5.41) is 0. The second-order valence-electron chi connectivity index (χ2n) is 4.96. The van der Waals surface area contributed by atoms with E-state index < -0.39 is 0 Å². The van der Waals surface area contributed by atoms with Crippen molar-refractivity contribution in [1.29, 1.82) is 0 Å².